The molecule has 0 bridgehead atoms. The van der Waals surface area contributed by atoms with Crippen molar-refractivity contribution in [1.82, 2.24) is 4.57 Å². The normalized spacial score (nSPS) is 14.5. The number of hydrogen-bond donors (Lipinski definition) is 0. The fourth-order valence-corrected chi connectivity index (χ4v) is 15.2. The molecule has 11 rings (SSSR count). The molecule has 250 valence electrons. The molecule has 0 aliphatic carbocycles. The van der Waals surface area contributed by atoms with Crippen molar-refractivity contribution in [3.8, 4) is 39.1 Å². The summed E-state index contributed by atoms with van der Waals surface area (Å²) in [6.07, 6.45) is 0. The Balaban J connectivity index is 1.20. The number of nitrogens with zero attached hydrogens (tertiary/aromatic N) is 1. The van der Waals surface area contributed by atoms with Crippen LogP contribution >= 0.6 is 14.3 Å². The van der Waals surface area contributed by atoms with E-state index in [9.17, 15) is 0 Å². The van der Waals surface area contributed by atoms with Crippen molar-refractivity contribution >= 4 is 67.9 Å². The predicted octanol–water partition coefficient (Wildman–Crippen LogP) is 9.69. The highest BCUT2D eigenvalue weighted by Gasteiger charge is 2.52. The molecule has 0 fully saturated rings. The van der Waals surface area contributed by atoms with Gasteiger partial charge in [0, 0.05) is 59.4 Å². The Hall–Kier alpha value is -5.98. The van der Waals surface area contributed by atoms with Gasteiger partial charge in [0.05, 0.1) is 11.0 Å². The van der Waals surface area contributed by atoms with Crippen LogP contribution in [0.15, 0.2) is 188 Å². The van der Waals surface area contributed by atoms with Crippen LogP contribution in [-0.4, -0.2) is 4.57 Å². The third-order valence-corrected chi connectivity index (χ3v) is 17.4. The summed E-state index contributed by atoms with van der Waals surface area (Å²) >= 11 is 0. The summed E-state index contributed by atoms with van der Waals surface area (Å²) in [6.45, 7) is 0. The van der Waals surface area contributed by atoms with E-state index >= 15 is 9.13 Å². The monoisotopic (exact) mass is 715 g/mol. The summed E-state index contributed by atoms with van der Waals surface area (Å²) in [6, 6.07) is 64.0. The number of rotatable bonds is 5. The highest BCUT2D eigenvalue weighted by Crippen LogP contribution is 2.62. The lowest BCUT2D eigenvalue weighted by molar-refractivity contribution is 0.592. The first-order valence-electron chi connectivity index (χ1n) is 17.9. The second kappa shape index (κ2) is 11.3. The first kappa shape index (κ1) is 30.6. The molecule has 3 heterocycles. The van der Waals surface area contributed by atoms with Crippen LogP contribution in [0.2, 0.25) is 0 Å². The summed E-state index contributed by atoms with van der Waals surface area (Å²) < 4.78 is 34.8. The second-order valence-corrected chi connectivity index (χ2v) is 19.3. The molecule has 0 saturated carbocycles. The summed E-state index contributed by atoms with van der Waals surface area (Å²) in [5, 5.41) is 7.06. The van der Waals surface area contributed by atoms with Gasteiger partial charge >= 0.3 is 0 Å². The maximum Gasteiger partial charge on any atom is 0.172 e. The van der Waals surface area contributed by atoms with Crippen molar-refractivity contribution in [2.75, 3.05) is 0 Å². The molecule has 8 aromatic carbocycles. The van der Waals surface area contributed by atoms with Crippen LogP contribution in [0.25, 0.3) is 60.9 Å². The van der Waals surface area contributed by atoms with Crippen molar-refractivity contribution in [1.29, 1.82) is 0 Å². The van der Waals surface area contributed by atoms with Gasteiger partial charge < -0.3 is 13.7 Å². The quantitative estimate of drug-likeness (QED) is 0.167. The number of aromatic nitrogens is 1. The molecule has 0 spiro atoms. The Bertz CT molecular complexity index is 2880. The molecule has 3 nitrogen and oxygen atoms in total. The lowest BCUT2D eigenvalue weighted by Crippen LogP contribution is -2.29. The van der Waals surface area contributed by atoms with Crippen LogP contribution in [0.1, 0.15) is 0 Å². The van der Waals surface area contributed by atoms with Crippen LogP contribution in [0.5, 0.6) is 0 Å². The van der Waals surface area contributed by atoms with Gasteiger partial charge in [-0.15, -0.1) is 0 Å². The molecule has 1 aromatic heterocycles. The van der Waals surface area contributed by atoms with Gasteiger partial charge in [0.25, 0.3) is 0 Å². The minimum absolute atomic E-state index is 0.769. The second-order valence-electron chi connectivity index (χ2n) is 14.0. The SMILES string of the molecule is O=P1(c2ccccc2)c2cc(-c3ccccc3)cc3c2-c2c1cc(-c1ccccc1)cc2P3(=O)c1ccc(-n2c3ccccc3c3ccccc32)cc1. The highest BCUT2D eigenvalue weighted by molar-refractivity contribution is 7.90. The standard InChI is InChI=1S/C48H31NO2P2/c50-52(37-18-8-3-9-19-37)43-28-34(32-14-4-1-5-15-32)30-45-47(43)48-44(52)29-35(33-16-6-2-7-17-33)31-46(48)53(45,51)38-26-24-36(25-27-38)49-41-22-12-10-20-39(41)40-21-11-13-23-42(40)49/h1-31H. The molecule has 0 radical (unpaired) electrons. The maximum absolute atomic E-state index is 16.5. The highest BCUT2D eigenvalue weighted by atomic mass is 31.2. The van der Waals surface area contributed by atoms with E-state index in [1.54, 1.807) is 0 Å². The zero-order valence-electron chi connectivity index (χ0n) is 28.6. The number of fused-ring (bicyclic) bond motifs is 3. The smallest absolute Gasteiger partial charge is 0.172 e. The molecule has 0 atom stereocenters. The van der Waals surface area contributed by atoms with Crippen LogP contribution in [0.4, 0.5) is 0 Å². The molecular formula is C48H31NO2P2. The Morgan fingerprint density at radius 3 is 1.13 bits per heavy atom. The van der Waals surface area contributed by atoms with Crippen LogP contribution in [-0.2, 0) is 9.13 Å². The third kappa shape index (κ3) is 4.18. The largest absolute Gasteiger partial charge is 0.309 e. The van der Waals surface area contributed by atoms with Crippen molar-refractivity contribution in [3.05, 3.63) is 188 Å². The van der Waals surface area contributed by atoms with E-state index in [-0.39, 0.29) is 0 Å². The molecular weight excluding hydrogens is 684 g/mol. The zero-order valence-corrected chi connectivity index (χ0v) is 30.3. The fourth-order valence-electron chi connectivity index (χ4n) is 8.79. The number of para-hydroxylation sites is 2. The molecule has 0 unspecified atom stereocenters. The van der Waals surface area contributed by atoms with E-state index in [1.165, 1.54) is 10.8 Å². The van der Waals surface area contributed by atoms with Crippen molar-refractivity contribution in [3.63, 3.8) is 0 Å². The van der Waals surface area contributed by atoms with Crippen molar-refractivity contribution < 1.29 is 9.13 Å². The van der Waals surface area contributed by atoms with Gasteiger partial charge in [0.2, 0.25) is 0 Å². The van der Waals surface area contributed by atoms with Gasteiger partial charge in [-0.05, 0) is 82.9 Å². The lowest BCUT2D eigenvalue weighted by Gasteiger charge is -2.24. The van der Waals surface area contributed by atoms with Gasteiger partial charge in [-0.1, -0.05) is 127 Å². The van der Waals surface area contributed by atoms with Gasteiger partial charge in [0.15, 0.2) is 14.3 Å². The van der Waals surface area contributed by atoms with Gasteiger partial charge in [-0.2, -0.15) is 0 Å². The average molecular weight is 716 g/mol. The first-order chi connectivity index (χ1) is 26.0. The Labute approximate surface area is 307 Å². The number of hydrogen-bond acceptors (Lipinski definition) is 2. The minimum Gasteiger partial charge on any atom is -0.309 e. The molecule has 53 heavy (non-hydrogen) atoms. The summed E-state index contributed by atoms with van der Waals surface area (Å²) in [4.78, 5) is 0. The van der Waals surface area contributed by atoms with E-state index in [1.807, 2.05) is 66.7 Å². The molecule has 0 N–H and O–H groups in total. The van der Waals surface area contributed by atoms with Gasteiger partial charge in [0.1, 0.15) is 0 Å². The third-order valence-electron chi connectivity index (χ3n) is 11.2. The minimum atomic E-state index is -3.45. The lowest BCUT2D eigenvalue weighted by atomic mass is 9.98. The van der Waals surface area contributed by atoms with Gasteiger partial charge in [-0.3, -0.25) is 0 Å². The van der Waals surface area contributed by atoms with Crippen molar-refractivity contribution in [2.45, 2.75) is 0 Å². The van der Waals surface area contributed by atoms with Crippen molar-refractivity contribution in [2.24, 2.45) is 0 Å². The molecule has 2 aliphatic heterocycles. The maximum atomic E-state index is 16.5. The van der Waals surface area contributed by atoms with Crippen LogP contribution < -0.4 is 31.8 Å². The van der Waals surface area contributed by atoms with Gasteiger partial charge in [-0.25, -0.2) is 0 Å². The molecule has 0 amide bonds. The van der Waals surface area contributed by atoms with E-state index in [0.29, 0.717) is 0 Å². The topological polar surface area (TPSA) is 39.1 Å². The predicted molar refractivity (Wildman–Crippen MR) is 223 cm³/mol. The molecule has 9 aromatic rings. The molecule has 2 aliphatic rings. The average Bonchev–Trinajstić information content (AvgIpc) is 3.81. The van der Waals surface area contributed by atoms with E-state index in [0.717, 1.165) is 81.9 Å². The summed E-state index contributed by atoms with van der Waals surface area (Å²) in [7, 11) is -6.80. The Morgan fingerprint density at radius 1 is 0.340 bits per heavy atom. The summed E-state index contributed by atoms with van der Waals surface area (Å²) in [5.41, 5.74) is 8.89. The van der Waals surface area contributed by atoms with E-state index < -0.39 is 14.3 Å². The van der Waals surface area contributed by atoms with Crippen LogP contribution in [0, 0.1) is 0 Å². The first-order valence-corrected chi connectivity index (χ1v) is 21.3. The summed E-state index contributed by atoms with van der Waals surface area (Å²) in [5.74, 6) is 0. The molecule has 5 heteroatoms. The Kier molecular flexibility index (Phi) is 6.51. The van der Waals surface area contributed by atoms with E-state index in [2.05, 4.69) is 126 Å². The van der Waals surface area contributed by atoms with Crippen LogP contribution in [0.3, 0.4) is 0 Å². The molecule has 0 saturated heterocycles. The number of benzene rings is 8. The van der Waals surface area contributed by atoms with E-state index in [4.69, 9.17) is 0 Å². The zero-order chi connectivity index (χ0) is 35.3. The fraction of sp³-hybridized carbons (Fsp3) is 0. The Morgan fingerprint density at radius 2 is 0.698 bits per heavy atom.